The predicted octanol–water partition coefficient (Wildman–Crippen LogP) is 1.32. The summed E-state index contributed by atoms with van der Waals surface area (Å²) >= 11 is 0. The van der Waals surface area contributed by atoms with Crippen molar-refractivity contribution in [1.82, 2.24) is 10.4 Å². The van der Waals surface area contributed by atoms with E-state index in [4.69, 9.17) is 4.84 Å². The summed E-state index contributed by atoms with van der Waals surface area (Å²) in [5.74, 6) is -0.0440. The second-order valence-electron chi connectivity index (χ2n) is 4.30. The highest BCUT2D eigenvalue weighted by atomic mass is 16.6. The zero-order valence-electron chi connectivity index (χ0n) is 10.1. The van der Waals surface area contributed by atoms with Crippen LogP contribution in [0.5, 0.6) is 0 Å². The minimum absolute atomic E-state index is 0.0440. The van der Waals surface area contributed by atoms with Crippen molar-refractivity contribution in [1.29, 1.82) is 0 Å². The fraction of sp³-hybridized carbons (Fsp3) is 0.909. The Morgan fingerprint density at radius 1 is 1.47 bits per heavy atom. The first-order valence-electron chi connectivity index (χ1n) is 5.77. The smallest absolute Gasteiger partial charge is 0.260 e. The quantitative estimate of drug-likeness (QED) is 0.718. The molecule has 0 aromatic carbocycles. The van der Waals surface area contributed by atoms with Crippen molar-refractivity contribution in [3.05, 3.63) is 0 Å². The Morgan fingerprint density at radius 2 is 2.00 bits per heavy atom. The van der Waals surface area contributed by atoms with Gasteiger partial charge in [-0.15, -0.1) is 0 Å². The molecule has 1 aliphatic rings. The molecule has 88 valence electrons. The summed E-state index contributed by atoms with van der Waals surface area (Å²) in [6, 6.07) is 0.869. The molecule has 1 amide bonds. The number of hydrogen-bond donors (Lipinski definition) is 1. The van der Waals surface area contributed by atoms with E-state index in [-0.39, 0.29) is 11.9 Å². The molecule has 15 heavy (non-hydrogen) atoms. The molecule has 0 bridgehead atoms. The lowest BCUT2D eigenvalue weighted by molar-refractivity contribution is -0.139. The molecule has 1 aliphatic heterocycles. The van der Waals surface area contributed by atoms with Crippen LogP contribution in [-0.4, -0.2) is 35.5 Å². The van der Waals surface area contributed by atoms with Crippen molar-refractivity contribution in [2.75, 3.05) is 6.61 Å². The number of carbonyl (C=O) groups excluding carboxylic acids is 1. The number of hydroxylamine groups is 1. The molecule has 0 aromatic heterocycles. The molecule has 4 heteroatoms. The average molecular weight is 214 g/mol. The zero-order valence-corrected chi connectivity index (χ0v) is 10.1. The Labute approximate surface area is 91.9 Å². The molecule has 1 fully saturated rings. The van der Waals surface area contributed by atoms with Gasteiger partial charge in [-0.3, -0.25) is 14.5 Å². The number of hydrogen-bond acceptors (Lipinski definition) is 3. The van der Waals surface area contributed by atoms with Crippen molar-refractivity contribution in [3.8, 4) is 0 Å². The molecular weight excluding hydrogens is 192 g/mol. The third-order valence-electron chi connectivity index (χ3n) is 3.16. The van der Waals surface area contributed by atoms with Gasteiger partial charge in [0.25, 0.3) is 5.91 Å². The van der Waals surface area contributed by atoms with E-state index in [2.05, 4.69) is 24.2 Å². The van der Waals surface area contributed by atoms with Gasteiger partial charge in [0.1, 0.15) is 0 Å². The highest BCUT2D eigenvalue weighted by molar-refractivity contribution is 5.80. The summed E-state index contributed by atoms with van der Waals surface area (Å²) in [6.07, 6.45) is 2.35. The van der Waals surface area contributed by atoms with Crippen LogP contribution in [0, 0.1) is 0 Å². The van der Waals surface area contributed by atoms with Crippen LogP contribution >= 0.6 is 0 Å². The SMILES string of the molecule is CCONC(=O)C(C)N1C(C)CCC1C. The molecule has 0 radical (unpaired) electrons. The lowest BCUT2D eigenvalue weighted by atomic mass is 10.2. The minimum atomic E-state index is -0.107. The van der Waals surface area contributed by atoms with Gasteiger partial charge in [0.05, 0.1) is 12.6 Å². The highest BCUT2D eigenvalue weighted by Gasteiger charge is 2.34. The summed E-state index contributed by atoms with van der Waals surface area (Å²) in [4.78, 5) is 18.9. The van der Waals surface area contributed by atoms with E-state index in [1.807, 2.05) is 13.8 Å². The van der Waals surface area contributed by atoms with Crippen LogP contribution in [0.4, 0.5) is 0 Å². The predicted molar refractivity (Wildman–Crippen MR) is 59.2 cm³/mol. The summed E-state index contributed by atoms with van der Waals surface area (Å²) in [5, 5.41) is 0. The lowest BCUT2D eigenvalue weighted by Gasteiger charge is -2.31. The minimum Gasteiger partial charge on any atom is -0.287 e. The van der Waals surface area contributed by atoms with E-state index in [1.165, 1.54) is 12.8 Å². The first-order chi connectivity index (χ1) is 7.07. The number of nitrogens with one attached hydrogen (secondary N) is 1. The van der Waals surface area contributed by atoms with Crippen LogP contribution < -0.4 is 5.48 Å². The number of carbonyl (C=O) groups is 1. The molecule has 0 spiro atoms. The summed E-state index contributed by atoms with van der Waals surface area (Å²) < 4.78 is 0. The first-order valence-corrected chi connectivity index (χ1v) is 5.77. The molecule has 1 heterocycles. The maximum atomic E-state index is 11.7. The molecule has 0 aliphatic carbocycles. The molecule has 1 N–H and O–H groups in total. The number of nitrogens with zero attached hydrogens (tertiary/aromatic N) is 1. The fourth-order valence-corrected chi connectivity index (χ4v) is 2.34. The second-order valence-corrected chi connectivity index (χ2v) is 4.30. The monoisotopic (exact) mass is 214 g/mol. The Bertz CT molecular complexity index is 211. The van der Waals surface area contributed by atoms with E-state index < -0.39 is 0 Å². The third kappa shape index (κ3) is 2.92. The summed E-state index contributed by atoms with van der Waals surface area (Å²) in [7, 11) is 0. The van der Waals surface area contributed by atoms with Gasteiger partial charge in [0, 0.05) is 12.1 Å². The Morgan fingerprint density at radius 3 is 2.47 bits per heavy atom. The van der Waals surface area contributed by atoms with Gasteiger partial charge in [-0.05, 0) is 40.5 Å². The highest BCUT2D eigenvalue weighted by Crippen LogP contribution is 2.25. The Kier molecular flexibility index (Phi) is 4.54. The van der Waals surface area contributed by atoms with Gasteiger partial charge in [0.15, 0.2) is 0 Å². The van der Waals surface area contributed by atoms with Crippen LogP contribution in [0.3, 0.4) is 0 Å². The van der Waals surface area contributed by atoms with Crippen LogP contribution in [0.25, 0.3) is 0 Å². The fourth-order valence-electron chi connectivity index (χ4n) is 2.34. The third-order valence-corrected chi connectivity index (χ3v) is 3.16. The van der Waals surface area contributed by atoms with Crippen LogP contribution in [0.2, 0.25) is 0 Å². The molecule has 1 saturated heterocycles. The van der Waals surface area contributed by atoms with Gasteiger partial charge >= 0.3 is 0 Å². The Balaban J connectivity index is 2.50. The first kappa shape index (κ1) is 12.5. The van der Waals surface area contributed by atoms with Crippen molar-refractivity contribution in [2.45, 2.75) is 58.7 Å². The van der Waals surface area contributed by atoms with Crippen molar-refractivity contribution >= 4 is 5.91 Å². The van der Waals surface area contributed by atoms with Gasteiger partial charge in [-0.2, -0.15) is 0 Å². The molecule has 3 unspecified atom stereocenters. The van der Waals surface area contributed by atoms with Gasteiger partial charge in [-0.1, -0.05) is 0 Å². The maximum Gasteiger partial charge on any atom is 0.260 e. The summed E-state index contributed by atoms with van der Waals surface area (Å²) in [6.45, 7) is 8.64. The molecule has 0 aromatic rings. The van der Waals surface area contributed by atoms with E-state index >= 15 is 0 Å². The molecule has 4 nitrogen and oxygen atoms in total. The zero-order chi connectivity index (χ0) is 11.4. The maximum absolute atomic E-state index is 11.7. The molecule has 1 rings (SSSR count). The van der Waals surface area contributed by atoms with Crippen LogP contribution in [-0.2, 0) is 9.63 Å². The lowest BCUT2D eigenvalue weighted by Crippen LogP contribution is -2.49. The molecule has 3 atom stereocenters. The van der Waals surface area contributed by atoms with Crippen LogP contribution in [0.1, 0.15) is 40.5 Å². The van der Waals surface area contributed by atoms with E-state index in [0.29, 0.717) is 18.7 Å². The van der Waals surface area contributed by atoms with Crippen molar-refractivity contribution in [2.24, 2.45) is 0 Å². The van der Waals surface area contributed by atoms with Crippen LogP contribution in [0.15, 0.2) is 0 Å². The number of amides is 1. The number of rotatable bonds is 4. The number of likely N-dealkylation sites (tertiary alicyclic amines) is 1. The van der Waals surface area contributed by atoms with Gasteiger partial charge in [-0.25, -0.2) is 5.48 Å². The molecule has 0 saturated carbocycles. The standard InChI is InChI=1S/C11H22N2O2/c1-5-15-12-11(14)10(4)13-8(2)6-7-9(13)3/h8-10H,5-7H2,1-4H3,(H,12,14). The van der Waals surface area contributed by atoms with Crippen molar-refractivity contribution in [3.63, 3.8) is 0 Å². The van der Waals surface area contributed by atoms with E-state index in [0.717, 1.165) is 0 Å². The average Bonchev–Trinajstić information content (AvgIpc) is 2.54. The topological polar surface area (TPSA) is 41.6 Å². The molecular formula is C11H22N2O2. The van der Waals surface area contributed by atoms with Crippen molar-refractivity contribution < 1.29 is 9.63 Å². The van der Waals surface area contributed by atoms with Gasteiger partial charge in [0.2, 0.25) is 0 Å². The van der Waals surface area contributed by atoms with Gasteiger partial charge < -0.3 is 0 Å². The van der Waals surface area contributed by atoms with E-state index in [1.54, 1.807) is 0 Å². The normalized spacial score (nSPS) is 29.1. The van der Waals surface area contributed by atoms with E-state index in [9.17, 15) is 4.79 Å². The summed E-state index contributed by atoms with van der Waals surface area (Å²) in [5.41, 5.74) is 2.47. The second kappa shape index (κ2) is 5.47. The largest absolute Gasteiger partial charge is 0.287 e. The Hall–Kier alpha value is -0.610.